The average molecular weight is 466 g/mol. The molecule has 3 aromatic rings. The van der Waals surface area contributed by atoms with Crippen LogP contribution in [0.1, 0.15) is 46.2 Å². The van der Waals surface area contributed by atoms with Crippen LogP contribution in [0.4, 0.5) is 5.13 Å². The van der Waals surface area contributed by atoms with E-state index >= 15 is 0 Å². The first kappa shape index (κ1) is 22.1. The van der Waals surface area contributed by atoms with Gasteiger partial charge in [-0.3, -0.25) is 4.79 Å². The molecule has 33 heavy (non-hydrogen) atoms. The van der Waals surface area contributed by atoms with E-state index in [0.29, 0.717) is 12.6 Å². The van der Waals surface area contributed by atoms with E-state index in [0.717, 1.165) is 46.1 Å². The summed E-state index contributed by atoms with van der Waals surface area (Å²) in [7, 11) is 3.81. The van der Waals surface area contributed by atoms with E-state index < -0.39 is 0 Å². The summed E-state index contributed by atoms with van der Waals surface area (Å²) in [4.78, 5) is 20.5. The minimum Gasteiger partial charge on any atom is -0.487 e. The Morgan fingerprint density at radius 1 is 1.15 bits per heavy atom. The Morgan fingerprint density at radius 2 is 1.88 bits per heavy atom. The predicted molar refractivity (Wildman–Crippen MR) is 133 cm³/mol. The summed E-state index contributed by atoms with van der Waals surface area (Å²) < 4.78 is 7.41. The van der Waals surface area contributed by atoms with Crippen molar-refractivity contribution in [2.24, 2.45) is 7.05 Å². The van der Waals surface area contributed by atoms with Crippen molar-refractivity contribution in [1.82, 2.24) is 20.1 Å². The van der Waals surface area contributed by atoms with E-state index in [1.165, 1.54) is 9.56 Å². The second-order valence-electron chi connectivity index (χ2n) is 10.5. The summed E-state index contributed by atoms with van der Waals surface area (Å²) in [5.41, 5.74) is 3.78. The van der Waals surface area contributed by atoms with Crippen LogP contribution >= 0.6 is 11.3 Å². The molecule has 1 saturated heterocycles. The summed E-state index contributed by atoms with van der Waals surface area (Å²) in [6, 6.07) is 8.10. The number of ether oxygens (including phenoxy) is 1. The molecule has 1 fully saturated rings. The number of thiazole rings is 1. The number of nitrogens with zero attached hydrogens (tertiary/aromatic N) is 4. The quantitative estimate of drug-likeness (QED) is 0.625. The molecule has 0 bridgehead atoms. The molecule has 0 amide bonds. The first-order chi connectivity index (χ1) is 15.5. The van der Waals surface area contributed by atoms with E-state index in [1.807, 2.05) is 12.1 Å². The van der Waals surface area contributed by atoms with Gasteiger partial charge in [0.25, 0.3) is 5.56 Å². The number of anilines is 1. The third kappa shape index (κ3) is 4.17. The SMILES string of the molecule is CN(c1nc2c(s1)-c1ccc(-c3cnn(C)c(=O)c3)cc1OC2)C1CC(C)(C)NC(C)(C)C1. The van der Waals surface area contributed by atoms with E-state index in [2.05, 4.69) is 56.1 Å². The highest BCUT2D eigenvalue weighted by atomic mass is 32.1. The highest BCUT2D eigenvalue weighted by molar-refractivity contribution is 7.19. The number of nitrogens with one attached hydrogen (secondary N) is 1. The molecular formula is C25H31N5O2S. The number of aromatic nitrogens is 3. The summed E-state index contributed by atoms with van der Waals surface area (Å²) in [5, 5.41) is 8.94. The van der Waals surface area contributed by atoms with E-state index in [4.69, 9.17) is 9.72 Å². The fraction of sp³-hybridized carbons (Fsp3) is 0.480. The Bertz CT molecular complexity index is 1260. The molecule has 1 aromatic carbocycles. The Hall–Kier alpha value is -2.71. The van der Waals surface area contributed by atoms with Gasteiger partial charge in [0.1, 0.15) is 12.4 Å². The molecule has 2 aliphatic rings. The van der Waals surface area contributed by atoms with Crippen molar-refractivity contribution in [3.8, 4) is 27.3 Å². The molecule has 0 saturated carbocycles. The Kier molecular flexibility index (Phi) is 5.14. The van der Waals surface area contributed by atoms with Gasteiger partial charge in [-0.15, -0.1) is 0 Å². The molecule has 8 heteroatoms. The van der Waals surface area contributed by atoms with Crippen LogP contribution in [0.3, 0.4) is 0 Å². The number of fused-ring (bicyclic) bond motifs is 3. The highest BCUT2D eigenvalue weighted by Gasteiger charge is 2.40. The van der Waals surface area contributed by atoms with Gasteiger partial charge in [0.2, 0.25) is 0 Å². The van der Waals surface area contributed by atoms with Crippen molar-refractivity contribution in [3.05, 3.63) is 46.5 Å². The Morgan fingerprint density at radius 3 is 2.58 bits per heavy atom. The number of hydrogen-bond acceptors (Lipinski definition) is 7. The maximum absolute atomic E-state index is 12.0. The number of benzene rings is 1. The first-order valence-corrected chi connectivity index (χ1v) is 12.2. The van der Waals surface area contributed by atoms with Gasteiger partial charge in [-0.2, -0.15) is 5.10 Å². The molecular weight excluding hydrogens is 434 g/mol. The number of aryl methyl sites for hydroxylation is 1. The largest absolute Gasteiger partial charge is 0.487 e. The molecule has 0 radical (unpaired) electrons. The highest BCUT2D eigenvalue weighted by Crippen LogP contribution is 2.45. The molecule has 4 heterocycles. The molecule has 2 aromatic heterocycles. The molecule has 5 rings (SSSR count). The smallest absolute Gasteiger partial charge is 0.267 e. The Labute approximate surface area is 198 Å². The average Bonchev–Trinajstić information content (AvgIpc) is 3.17. The van der Waals surface area contributed by atoms with Gasteiger partial charge in [-0.05, 0) is 58.2 Å². The zero-order valence-electron chi connectivity index (χ0n) is 20.1. The maximum atomic E-state index is 12.0. The fourth-order valence-electron chi connectivity index (χ4n) is 5.28. The van der Waals surface area contributed by atoms with Crippen molar-refractivity contribution in [2.75, 3.05) is 11.9 Å². The third-order valence-corrected chi connectivity index (χ3v) is 7.82. The minimum absolute atomic E-state index is 0.0803. The second kappa shape index (κ2) is 7.67. The monoisotopic (exact) mass is 465 g/mol. The first-order valence-electron chi connectivity index (χ1n) is 11.3. The molecule has 1 N–H and O–H groups in total. The lowest BCUT2D eigenvalue weighted by Crippen LogP contribution is -2.61. The van der Waals surface area contributed by atoms with Crippen LogP contribution in [-0.2, 0) is 13.7 Å². The van der Waals surface area contributed by atoms with Gasteiger partial charge >= 0.3 is 0 Å². The van der Waals surface area contributed by atoms with Crippen molar-refractivity contribution in [1.29, 1.82) is 0 Å². The molecule has 7 nitrogen and oxygen atoms in total. The topological polar surface area (TPSA) is 72.3 Å². The summed E-state index contributed by atoms with van der Waals surface area (Å²) in [5.74, 6) is 0.822. The lowest BCUT2D eigenvalue weighted by Gasteiger charge is -2.48. The normalized spacial score (nSPS) is 18.8. The zero-order valence-corrected chi connectivity index (χ0v) is 20.9. The van der Waals surface area contributed by atoms with E-state index in [9.17, 15) is 4.79 Å². The molecule has 0 aliphatic carbocycles. The van der Waals surface area contributed by atoms with Crippen molar-refractivity contribution in [3.63, 3.8) is 0 Å². The van der Waals surface area contributed by atoms with Gasteiger partial charge in [0, 0.05) is 48.4 Å². The van der Waals surface area contributed by atoms with Gasteiger partial charge < -0.3 is 15.0 Å². The van der Waals surface area contributed by atoms with Crippen LogP contribution < -0.4 is 20.5 Å². The van der Waals surface area contributed by atoms with Crippen molar-refractivity contribution < 1.29 is 4.74 Å². The van der Waals surface area contributed by atoms with Gasteiger partial charge in [-0.25, -0.2) is 9.67 Å². The van der Waals surface area contributed by atoms with Crippen molar-refractivity contribution >= 4 is 16.5 Å². The summed E-state index contributed by atoms with van der Waals surface area (Å²) in [6.45, 7) is 9.57. The lowest BCUT2D eigenvalue weighted by molar-refractivity contribution is 0.161. The summed E-state index contributed by atoms with van der Waals surface area (Å²) in [6.07, 6.45) is 3.84. The van der Waals surface area contributed by atoms with Crippen molar-refractivity contribution in [2.45, 2.75) is 64.3 Å². The van der Waals surface area contributed by atoms with E-state index in [1.54, 1.807) is 30.6 Å². The summed E-state index contributed by atoms with van der Waals surface area (Å²) >= 11 is 1.73. The number of piperidine rings is 1. The maximum Gasteiger partial charge on any atom is 0.267 e. The third-order valence-electron chi connectivity index (χ3n) is 6.60. The predicted octanol–water partition coefficient (Wildman–Crippen LogP) is 4.21. The van der Waals surface area contributed by atoms with Gasteiger partial charge in [-0.1, -0.05) is 17.4 Å². The minimum atomic E-state index is -0.132. The van der Waals surface area contributed by atoms with Crippen LogP contribution in [0.25, 0.3) is 21.6 Å². The van der Waals surface area contributed by atoms with E-state index in [-0.39, 0.29) is 16.6 Å². The standard InChI is InChI=1S/C25H31N5O2S/c1-24(2)11-17(12-25(3,4)28-24)29(5)23-27-19-14-32-20-9-15(7-8-18(20)22(19)33-23)16-10-21(31)30(6)26-13-16/h7-10,13,17,28H,11-12,14H2,1-6H3. The molecule has 174 valence electrons. The molecule has 0 atom stereocenters. The molecule has 0 unspecified atom stereocenters. The van der Waals surface area contributed by atoms with Crippen LogP contribution in [0.5, 0.6) is 5.75 Å². The molecule has 2 aliphatic heterocycles. The van der Waals surface area contributed by atoms with Gasteiger partial charge in [0.05, 0.1) is 16.8 Å². The van der Waals surface area contributed by atoms with Crippen LogP contribution in [0.2, 0.25) is 0 Å². The van der Waals surface area contributed by atoms with Crippen LogP contribution in [-0.4, -0.2) is 38.9 Å². The Balaban J connectivity index is 1.45. The lowest BCUT2D eigenvalue weighted by atomic mass is 9.79. The zero-order chi connectivity index (χ0) is 23.5. The fourth-order valence-corrected chi connectivity index (χ4v) is 6.41. The number of hydrogen-bond donors (Lipinski definition) is 1. The van der Waals surface area contributed by atoms with Gasteiger partial charge in [0.15, 0.2) is 5.13 Å². The molecule has 0 spiro atoms. The number of rotatable bonds is 3. The van der Waals surface area contributed by atoms with Crippen LogP contribution in [0, 0.1) is 0 Å². The second-order valence-corrected chi connectivity index (χ2v) is 11.5. The van der Waals surface area contributed by atoms with Crippen LogP contribution in [0.15, 0.2) is 35.3 Å².